The van der Waals surface area contributed by atoms with Crippen molar-refractivity contribution in [1.82, 2.24) is 14.9 Å². The van der Waals surface area contributed by atoms with Crippen LogP contribution in [0.4, 0.5) is 4.79 Å². The largest absolute Gasteiger partial charge is 0.452 e. The summed E-state index contributed by atoms with van der Waals surface area (Å²) in [5.74, 6) is -1.64. The highest BCUT2D eigenvalue weighted by Gasteiger charge is 2.21. The molecule has 1 aromatic carbocycles. The first-order valence-corrected chi connectivity index (χ1v) is 9.81. The number of ether oxygens (including phenoxy) is 1. The van der Waals surface area contributed by atoms with E-state index in [-0.39, 0.29) is 10.5 Å². The smallest absolute Gasteiger partial charge is 0.338 e. The Labute approximate surface area is 159 Å². The molecule has 0 aliphatic heterocycles. The fourth-order valence-electron chi connectivity index (χ4n) is 1.99. The Kier molecular flexibility index (Phi) is 8.38. The molecule has 10 heteroatoms. The number of esters is 1. The Morgan fingerprint density at radius 2 is 1.85 bits per heavy atom. The van der Waals surface area contributed by atoms with E-state index in [9.17, 15) is 22.8 Å². The molecule has 3 amide bonds. The number of nitrogens with one attached hydrogen (secondary N) is 2. The molecule has 0 aliphatic rings. The zero-order valence-corrected chi connectivity index (χ0v) is 16.7. The van der Waals surface area contributed by atoms with Gasteiger partial charge in [0.2, 0.25) is 10.0 Å². The van der Waals surface area contributed by atoms with Crippen LogP contribution in [0, 0.1) is 6.92 Å². The molecule has 27 heavy (non-hydrogen) atoms. The molecule has 0 fully saturated rings. The van der Waals surface area contributed by atoms with Crippen molar-refractivity contribution < 1.29 is 27.5 Å². The average molecular weight is 399 g/mol. The van der Waals surface area contributed by atoms with E-state index in [0.717, 1.165) is 17.1 Å². The number of benzene rings is 1. The number of rotatable bonds is 8. The second-order valence-electron chi connectivity index (χ2n) is 6.00. The highest BCUT2D eigenvalue weighted by molar-refractivity contribution is 7.89. The van der Waals surface area contributed by atoms with Crippen LogP contribution in [0.2, 0.25) is 0 Å². The minimum Gasteiger partial charge on any atom is -0.452 e. The first kappa shape index (κ1) is 22.6. The van der Waals surface area contributed by atoms with Gasteiger partial charge >= 0.3 is 12.0 Å². The molecule has 2 N–H and O–H groups in total. The van der Waals surface area contributed by atoms with Gasteiger partial charge in [-0.2, -0.15) is 0 Å². The van der Waals surface area contributed by atoms with Gasteiger partial charge < -0.3 is 10.1 Å². The molecule has 9 nitrogen and oxygen atoms in total. The number of imide groups is 1. The summed E-state index contributed by atoms with van der Waals surface area (Å²) in [6.07, 6.45) is 1.68. The minimum atomic E-state index is -3.71. The summed E-state index contributed by atoms with van der Waals surface area (Å²) in [5, 5.41) is 4.54. The molecular weight excluding hydrogens is 374 g/mol. The summed E-state index contributed by atoms with van der Waals surface area (Å²) in [5.41, 5.74) is 0.522. The minimum absolute atomic E-state index is 0.0260. The van der Waals surface area contributed by atoms with Crippen LogP contribution in [0.1, 0.15) is 35.7 Å². The third-order valence-electron chi connectivity index (χ3n) is 3.61. The first-order chi connectivity index (χ1) is 12.6. The van der Waals surface area contributed by atoms with Gasteiger partial charge in [-0.25, -0.2) is 22.3 Å². The predicted octanol–water partition coefficient (Wildman–Crippen LogP) is 1.03. The van der Waals surface area contributed by atoms with Crippen LogP contribution in [-0.2, 0) is 19.6 Å². The standard InChI is InChI=1S/C17H25N3O6S/c1-5-6-9-18-17(23)19-15(21)11-26-16(22)14-10-13(8-7-12(14)2)27(24,25)20(3)4/h7-8,10H,5-6,9,11H2,1-4H3,(H2,18,19,21,23). The second kappa shape index (κ2) is 10.0. The lowest BCUT2D eigenvalue weighted by Crippen LogP contribution is -2.41. The van der Waals surface area contributed by atoms with Crippen LogP contribution in [0.15, 0.2) is 23.1 Å². The summed E-state index contributed by atoms with van der Waals surface area (Å²) < 4.78 is 30.3. The van der Waals surface area contributed by atoms with Crippen molar-refractivity contribution in [2.45, 2.75) is 31.6 Å². The van der Waals surface area contributed by atoms with Gasteiger partial charge in [-0.1, -0.05) is 19.4 Å². The molecule has 0 saturated heterocycles. The maximum atomic E-state index is 12.2. The Morgan fingerprint density at radius 3 is 2.44 bits per heavy atom. The SMILES string of the molecule is CCCCNC(=O)NC(=O)COC(=O)c1cc(S(=O)(=O)N(C)C)ccc1C. The summed E-state index contributed by atoms with van der Waals surface area (Å²) >= 11 is 0. The van der Waals surface area contributed by atoms with E-state index in [1.807, 2.05) is 12.2 Å². The molecular formula is C17H25N3O6S. The number of amides is 3. The summed E-state index contributed by atoms with van der Waals surface area (Å²) in [6, 6.07) is 3.39. The number of nitrogens with zero attached hydrogens (tertiary/aromatic N) is 1. The van der Waals surface area contributed by atoms with Crippen LogP contribution in [0.25, 0.3) is 0 Å². The van der Waals surface area contributed by atoms with E-state index < -0.39 is 34.5 Å². The van der Waals surface area contributed by atoms with E-state index >= 15 is 0 Å². The van der Waals surface area contributed by atoms with Gasteiger partial charge in [0.15, 0.2) is 6.61 Å². The fourth-order valence-corrected chi connectivity index (χ4v) is 2.92. The number of urea groups is 1. The lowest BCUT2D eigenvalue weighted by Gasteiger charge is -2.13. The molecule has 0 radical (unpaired) electrons. The summed E-state index contributed by atoms with van der Waals surface area (Å²) in [7, 11) is -0.959. The summed E-state index contributed by atoms with van der Waals surface area (Å²) in [4.78, 5) is 35.3. The van der Waals surface area contributed by atoms with Gasteiger partial charge in [0, 0.05) is 20.6 Å². The average Bonchev–Trinajstić information content (AvgIpc) is 2.59. The molecule has 0 heterocycles. The van der Waals surface area contributed by atoms with E-state index in [4.69, 9.17) is 4.74 Å². The highest BCUT2D eigenvalue weighted by atomic mass is 32.2. The second-order valence-corrected chi connectivity index (χ2v) is 8.15. The molecule has 1 rings (SSSR count). The van der Waals surface area contributed by atoms with Crippen LogP contribution >= 0.6 is 0 Å². The molecule has 0 bridgehead atoms. The molecule has 0 atom stereocenters. The molecule has 0 saturated carbocycles. The van der Waals surface area contributed by atoms with Gasteiger partial charge in [-0.3, -0.25) is 10.1 Å². The predicted molar refractivity (Wildman–Crippen MR) is 98.8 cm³/mol. The van der Waals surface area contributed by atoms with Crippen molar-refractivity contribution >= 4 is 27.9 Å². The molecule has 1 aromatic rings. The van der Waals surface area contributed by atoms with Crippen LogP contribution < -0.4 is 10.6 Å². The van der Waals surface area contributed by atoms with Crippen molar-refractivity contribution in [3.8, 4) is 0 Å². The Balaban J connectivity index is 2.72. The molecule has 0 aliphatic carbocycles. The van der Waals surface area contributed by atoms with Crippen molar-refractivity contribution in [2.75, 3.05) is 27.2 Å². The van der Waals surface area contributed by atoms with Gasteiger partial charge in [-0.15, -0.1) is 0 Å². The van der Waals surface area contributed by atoms with Crippen molar-refractivity contribution in [3.63, 3.8) is 0 Å². The van der Waals surface area contributed by atoms with Crippen LogP contribution in [0.5, 0.6) is 0 Å². The fraction of sp³-hybridized carbons (Fsp3) is 0.471. The molecule has 0 unspecified atom stereocenters. The van der Waals surface area contributed by atoms with Gasteiger partial charge in [-0.05, 0) is 31.0 Å². The number of carbonyl (C=O) groups is 3. The number of carbonyl (C=O) groups excluding carboxylic acids is 3. The third kappa shape index (κ3) is 6.65. The lowest BCUT2D eigenvalue weighted by atomic mass is 10.1. The quantitative estimate of drug-likeness (QED) is 0.497. The van der Waals surface area contributed by atoms with Gasteiger partial charge in [0.1, 0.15) is 0 Å². The van der Waals surface area contributed by atoms with Crippen molar-refractivity contribution in [3.05, 3.63) is 29.3 Å². The Bertz CT molecular complexity index is 805. The topological polar surface area (TPSA) is 122 Å². The number of unbranched alkanes of at least 4 members (excludes halogenated alkanes) is 1. The zero-order valence-electron chi connectivity index (χ0n) is 15.9. The molecule has 150 valence electrons. The van der Waals surface area contributed by atoms with Crippen LogP contribution in [-0.4, -0.2) is 57.9 Å². The van der Waals surface area contributed by atoms with Crippen LogP contribution in [0.3, 0.4) is 0 Å². The lowest BCUT2D eigenvalue weighted by molar-refractivity contribution is -0.123. The van der Waals surface area contributed by atoms with E-state index in [2.05, 4.69) is 5.32 Å². The van der Waals surface area contributed by atoms with Crippen molar-refractivity contribution in [1.29, 1.82) is 0 Å². The normalized spacial score (nSPS) is 11.1. The molecule has 0 aromatic heterocycles. The van der Waals surface area contributed by atoms with E-state index in [0.29, 0.717) is 12.1 Å². The zero-order chi connectivity index (χ0) is 20.6. The first-order valence-electron chi connectivity index (χ1n) is 8.37. The highest BCUT2D eigenvalue weighted by Crippen LogP contribution is 2.18. The number of sulfonamides is 1. The maximum Gasteiger partial charge on any atom is 0.338 e. The number of aryl methyl sites for hydroxylation is 1. The van der Waals surface area contributed by atoms with Crippen molar-refractivity contribution in [2.24, 2.45) is 0 Å². The summed E-state index contributed by atoms with van der Waals surface area (Å²) in [6.45, 7) is 3.35. The van der Waals surface area contributed by atoms with Gasteiger partial charge in [0.05, 0.1) is 10.5 Å². The molecule has 0 spiro atoms. The maximum absolute atomic E-state index is 12.2. The monoisotopic (exact) mass is 399 g/mol. The van der Waals surface area contributed by atoms with E-state index in [1.165, 1.54) is 32.3 Å². The Hall–Kier alpha value is -2.46. The van der Waals surface area contributed by atoms with E-state index in [1.54, 1.807) is 6.92 Å². The van der Waals surface area contributed by atoms with Gasteiger partial charge in [0.25, 0.3) is 5.91 Å². The Morgan fingerprint density at radius 1 is 1.19 bits per heavy atom. The third-order valence-corrected chi connectivity index (χ3v) is 5.42. The number of hydrogen-bond acceptors (Lipinski definition) is 6. The number of hydrogen-bond donors (Lipinski definition) is 2.